The van der Waals surface area contributed by atoms with Crippen molar-refractivity contribution < 1.29 is 26.9 Å². The van der Waals surface area contributed by atoms with Crippen LogP contribution in [0.1, 0.15) is 11.6 Å². The van der Waals surface area contributed by atoms with Gasteiger partial charge >= 0.3 is 12.1 Å². The van der Waals surface area contributed by atoms with Crippen LogP contribution in [0.4, 0.5) is 27.6 Å². The molecule has 11 heteroatoms. The van der Waals surface area contributed by atoms with Crippen molar-refractivity contribution in [2.75, 3.05) is 0 Å². The van der Waals surface area contributed by atoms with Gasteiger partial charge in [0.25, 0.3) is 5.69 Å². The third-order valence-corrected chi connectivity index (χ3v) is 2.97. The maximum absolute atomic E-state index is 13.0. The Kier molecular flexibility index (Phi) is 5.88. The summed E-state index contributed by atoms with van der Waals surface area (Å²) in [6.07, 6.45) is -5.84. The molecule has 20 heavy (non-hydrogen) atoms. The molecule has 0 saturated carbocycles. The minimum atomic E-state index is -5.84. The maximum Gasteiger partial charge on any atom is 0.455 e. The zero-order valence-corrected chi connectivity index (χ0v) is 11.7. The quantitative estimate of drug-likeness (QED) is 0.486. The molecule has 1 atom stereocenters. The number of nitro benzene ring substituents is 1. The molecule has 0 unspecified atom stereocenters. The van der Waals surface area contributed by atoms with E-state index in [9.17, 15) is 32.1 Å². The van der Waals surface area contributed by atoms with Crippen molar-refractivity contribution in [2.24, 2.45) is 5.73 Å². The average molecular weight is 386 g/mol. The number of rotatable bonds is 3. The molecule has 114 valence electrons. The highest BCUT2D eigenvalue weighted by Gasteiger charge is 2.61. The summed E-state index contributed by atoms with van der Waals surface area (Å²) in [7, 11) is 0. The van der Waals surface area contributed by atoms with Crippen molar-refractivity contribution in [3.05, 3.63) is 38.3 Å². The molecular weight excluding hydrogens is 378 g/mol. The van der Waals surface area contributed by atoms with Gasteiger partial charge in [0.2, 0.25) is 0 Å². The van der Waals surface area contributed by atoms with Crippen LogP contribution >= 0.6 is 28.3 Å². The first kappa shape index (κ1) is 19.0. The van der Waals surface area contributed by atoms with Crippen LogP contribution in [0.3, 0.4) is 0 Å². The van der Waals surface area contributed by atoms with Gasteiger partial charge in [-0.3, -0.25) is 10.1 Å². The average Bonchev–Trinajstić information content (AvgIpc) is 2.26. The lowest BCUT2D eigenvalue weighted by atomic mass is 10.0. The molecule has 1 rings (SSSR count). The van der Waals surface area contributed by atoms with Gasteiger partial charge < -0.3 is 5.73 Å². The SMILES string of the molecule is Cl.N[C@@H](c1ccc(Br)c([N+](=O)[O-])c1)C(F)(F)C(F)(F)F. The molecule has 4 nitrogen and oxygen atoms in total. The Labute approximate surface area is 123 Å². The van der Waals surface area contributed by atoms with Gasteiger partial charge in [-0.05, 0) is 27.6 Å². The first-order chi connectivity index (χ1) is 8.48. The number of nitrogens with zero attached hydrogens (tertiary/aromatic N) is 1. The number of hydrogen-bond acceptors (Lipinski definition) is 3. The van der Waals surface area contributed by atoms with E-state index in [0.29, 0.717) is 6.07 Å². The molecule has 2 N–H and O–H groups in total. The summed E-state index contributed by atoms with van der Waals surface area (Å²) in [5, 5.41) is 10.6. The summed E-state index contributed by atoms with van der Waals surface area (Å²) in [6, 6.07) is -0.297. The Hall–Kier alpha value is -1.00. The monoisotopic (exact) mass is 384 g/mol. The molecule has 0 bridgehead atoms. The van der Waals surface area contributed by atoms with Crippen LogP contribution in [0.25, 0.3) is 0 Å². The van der Waals surface area contributed by atoms with E-state index < -0.39 is 34.3 Å². The fourth-order valence-corrected chi connectivity index (χ4v) is 1.64. The predicted molar refractivity (Wildman–Crippen MR) is 66.0 cm³/mol. The number of nitrogens with two attached hydrogens (primary N) is 1. The topological polar surface area (TPSA) is 69.2 Å². The number of hydrogen-bond donors (Lipinski definition) is 1. The first-order valence-electron chi connectivity index (χ1n) is 4.62. The van der Waals surface area contributed by atoms with Gasteiger partial charge in [-0.2, -0.15) is 22.0 Å². The summed E-state index contributed by atoms with van der Waals surface area (Å²) in [5.74, 6) is -5.19. The normalized spacial score (nSPS) is 13.6. The fraction of sp³-hybridized carbons (Fsp3) is 0.333. The molecule has 0 heterocycles. The zero-order chi connectivity index (χ0) is 15.0. The van der Waals surface area contributed by atoms with Gasteiger partial charge in [0.15, 0.2) is 0 Å². The third kappa shape index (κ3) is 3.55. The predicted octanol–water partition coefficient (Wildman–Crippen LogP) is 3.98. The number of nitro groups is 1. The molecule has 0 fully saturated rings. The zero-order valence-electron chi connectivity index (χ0n) is 9.33. The Balaban J connectivity index is 0.00000361. The second kappa shape index (κ2) is 6.19. The summed E-state index contributed by atoms with van der Waals surface area (Å²) >= 11 is 2.78. The van der Waals surface area contributed by atoms with E-state index in [2.05, 4.69) is 15.9 Å². The molecule has 0 saturated heterocycles. The Morgan fingerprint density at radius 3 is 2.15 bits per heavy atom. The number of alkyl halides is 5. The lowest BCUT2D eigenvalue weighted by molar-refractivity contribution is -0.385. The van der Waals surface area contributed by atoms with Gasteiger partial charge in [0.1, 0.15) is 6.04 Å². The molecular formula is C9H7BrClF5N2O2. The van der Waals surface area contributed by atoms with E-state index in [1.165, 1.54) is 0 Å². The third-order valence-electron chi connectivity index (χ3n) is 2.29. The second-order valence-electron chi connectivity index (χ2n) is 3.57. The van der Waals surface area contributed by atoms with Crippen molar-refractivity contribution >= 4 is 34.0 Å². The van der Waals surface area contributed by atoms with E-state index in [-0.39, 0.29) is 16.9 Å². The van der Waals surface area contributed by atoms with E-state index in [1.54, 1.807) is 0 Å². The summed E-state index contributed by atoms with van der Waals surface area (Å²) in [4.78, 5) is 9.64. The van der Waals surface area contributed by atoms with Crippen molar-refractivity contribution in [2.45, 2.75) is 18.1 Å². The highest BCUT2D eigenvalue weighted by Crippen LogP contribution is 2.44. The fourth-order valence-electron chi connectivity index (χ4n) is 1.25. The molecule has 0 aliphatic carbocycles. The second-order valence-corrected chi connectivity index (χ2v) is 4.42. The molecule has 1 aromatic carbocycles. The largest absolute Gasteiger partial charge is 0.455 e. The standard InChI is InChI=1S/C9H6BrF5N2O2.ClH/c10-5-2-1-4(3-6(5)17(18)19)7(16)8(11,12)9(13,14)15;/h1-3,7H,16H2;1H/t7-;/m0./s1. The Bertz CT molecular complexity index is 512. The van der Waals surface area contributed by atoms with Crippen LogP contribution < -0.4 is 5.73 Å². The number of halogens is 7. The van der Waals surface area contributed by atoms with Crippen LogP contribution in [-0.4, -0.2) is 17.0 Å². The van der Waals surface area contributed by atoms with Crippen LogP contribution in [0.2, 0.25) is 0 Å². The Morgan fingerprint density at radius 1 is 1.25 bits per heavy atom. The molecule has 0 aliphatic heterocycles. The maximum atomic E-state index is 13.0. The van der Waals surface area contributed by atoms with Gasteiger partial charge in [-0.1, -0.05) is 6.07 Å². The van der Waals surface area contributed by atoms with Crippen molar-refractivity contribution in [1.29, 1.82) is 0 Å². The minimum Gasteiger partial charge on any atom is -0.319 e. The minimum absolute atomic E-state index is 0. The van der Waals surface area contributed by atoms with Crippen LogP contribution in [0, 0.1) is 10.1 Å². The summed E-state index contributed by atoms with van der Waals surface area (Å²) < 4.78 is 62.4. The van der Waals surface area contributed by atoms with E-state index in [1.807, 2.05) is 0 Å². The van der Waals surface area contributed by atoms with Gasteiger partial charge in [0.05, 0.1) is 9.40 Å². The lowest BCUT2D eigenvalue weighted by Gasteiger charge is -2.25. The van der Waals surface area contributed by atoms with E-state index in [4.69, 9.17) is 5.73 Å². The molecule has 0 spiro atoms. The summed E-state index contributed by atoms with van der Waals surface area (Å²) in [6.45, 7) is 0. The van der Waals surface area contributed by atoms with Crippen molar-refractivity contribution in [1.82, 2.24) is 0 Å². The van der Waals surface area contributed by atoms with Crippen LogP contribution in [0.5, 0.6) is 0 Å². The van der Waals surface area contributed by atoms with Gasteiger partial charge in [-0.25, -0.2) is 0 Å². The van der Waals surface area contributed by atoms with Crippen molar-refractivity contribution in [3.8, 4) is 0 Å². The molecule has 0 radical (unpaired) electrons. The highest BCUT2D eigenvalue weighted by molar-refractivity contribution is 9.10. The van der Waals surface area contributed by atoms with Crippen molar-refractivity contribution in [3.63, 3.8) is 0 Å². The van der Waals surface area contributed by atoms with Gasteiger partial charge in [0, 0.05) is 6.07 Å². The van der Waals surface area contributed by atoms with E-state index in [0.717, 1.165) is 12.1 Å². The molecule has 0 amide bonds. The number of benzene rings is 1. The first-order valence-corrected chi connectivity index (χ1v) is 5.41. The van der Waals surface area contributed by atoms with E-state index >= 15 is 0 Å². The Morgan fingerprint density at radius 2 is 1.75 bits per heavy atom. The van der Waals surface area contributed by atoms with Crippen LogP contribution in [0.15, 0.2) is 22.7 Å². The smallest absolute Gasteiger partial charge is 0.319 e. The molecule has 1 aromatic rings. The summed E-state index contributed by atoms with van der Waals surface area (Å²) in [5.41, 5.74) is 3.54. The van der Waals surface area contributed by atoms with Gasteiger partial charge in [-0.15, -0.1) is 12.4 Å². The molecule has 0 aliphatic rings. The molecule has 0 aromatic heterocycles. The van der Waals surface area contributed by atoms with Crippen LogP contribution in [-0.2, 0) is 0 Å². The highest BCUT2D eigenvalue weighted by atomic mass is 79.9. The lowest BCUT2D eigenvalue weighted by Crippen LogP contribution is -2.45.